The van der Waals surface area contributed by atoms with Crippen LogP contribution in [0.1, 0.15) is 50.3 Å². The van der Waals surface area contributed by atoms with Crippen LogP contribution in [0, 0.1) is 6.92 Å². The number of hydrogen-bond donors (Lipinski definition) is 1. The molecule has 2 atom stereocenters. The molecule has 1 saturated heterocycles. The van der Waals surface area contributed by atoms with E-state index in [1.807, 2.05) is 0 Å². The Morgan fingerprint density at radius 2 is 2.30 bits per heavy atom. The second kappa shape index (κ2) is 7.65. The van der Waals surface area contributed by atoms with Crippen molar-refractivity contribution in [1.82, 2.24) is 5.32 Å². The van der Waals surface area contributed by atoms with Crippen LogP contribution in [0.3, 0.4) is 0 Å². The molecule has 1 heterocycles. The van der Waals surface area contributed by atoms with Crippen LogP contribution >= 0.6 is 0 Å². The summed E-state index contributed by atoms with van der Waals surface area (Å²) in [7, 11) is 0. The number of benzene rings is 1. The Morgan fingerprint density at radius 3 is 2.95 bits per heavy atom. The second-order valence-electron chi connectivity index (χ2n) is 5.58. The summed E-state index contributed by atoms with van der Waals surface area (Å²) in [6.07, 6.45) is 3.78. The van der Waals surface area contributed by atoms with Gasteiger partial charge in [0.15, 0.2) is 0 Å². The van der Waals surface area contributed by atoms with Gasteiger partial charge in [-0.1, -0.05) is 19.1 Å². The molecule has 2 rings (SSSR count). The number of hydrogen-bond acceptors (Lipinski definition) is 3. The largest absolute Gasteiger partial charge is 0.493 e. The molecule has 0 saturated carbocycles. The molecule has 0 spiro atoms. The Labute approximate surface area is 122 Å². The van der Waals surface area contributed by atoms with E-state index < -0.39 is 0 Å². The lowest BCUT2D eigenvalue weighted by Crippen LogP contribution is -2.17. The van der Waals surface area contributed by atoms with Crippen molar-refractivity contribution in [2.45, 2.75) is 52.2 Å². The molecule has 0 amide bonds. The van der Waals surface area contributed by atoms with Crippen LogP contribution in [-0.4, -0.2) is 25.9 Å². The topological polar surface area (TPSA) is 30.5 Å². The molecule has 0 aromatic heterocycles. The van der Waals surface area contributed by atoms with Gasteiger partial charge < -0.3 is 14.8 Å². The van der Waals surface area contributed by atoms with E-state index in [1.165, 1.54) is 24.0 Å². The maximum Gasteiger partial charge on any atom is 0.122 e. The molecule has 1 aromatic rings. The molecule has 1 aliphatic rings. The fourth-order valence-electron chi connectivity index (χ4n) is 2.70. The van der Waals surface area contributed by atoms with Crippen LogP contribution in [-0.2, 0) is 4.74 Å². The molecule has 0 aliphatic carbocycles. The zero-order valence-electron chi connectivity index (χ0n) is 12.9. The fourth-order valence-corrected chi connectivity index (χ4v) is 2.70. The first kappa shape index (κ1) is 15.3. The molecule has 0 bridgehead atoms. The third-order valence-electron chi connectivity index (χ3n) is 3.93. The standard InChI is InChI=1S/C17H27NO2/c1-4-18-14(3)15-7-8-17(13(2)12-15)20-11-9-16-6-5-10-19-16/h7-8,12,14,16,18H,4-6,9-11H2,1-3H3. The van der Waals surface area contributed by atoms with Gasteiger partial charge in [0.05, 0.1) is 12.7 Å². The van der Waals surface area contributed by atoms with Crippen molar-refractivity contribution in [3.8, 4) is 5.75 Å². The average Bonchev–Trinajstić information content (AvgIpc) is 2.94. The highest BCUT2D eigenvalue weighted by Crippen LogP contribution is 2.23. The first-order valence-electron chi connectivity index (χ1n) is 7.79. The van der Waals surface area contributed by atoms with Crippen LogP contribution in [0.4, 0.5) is 0 Å². The van der Waals surface area contributed by atoms with Crippen molar-refractivity contribution in [2.75, 3.05) is 19.8 Å². The Balaban J connectivity index is 1.85. The zero-order valence-corrected chi connectivity index (χ0v) is 12.9. The smallest absolute Gasteiger partial charge is 0.122 e. The van der Waals surface area contributed by atoms with Crippen LogP contribution in [0.5, 0.6) is 5.75 Å². The van der Waals surface area contributed by atoms with Crippen LogP contribution in [0.15, 0.2) is 18.2 Å². The summed E-state index contributed by atoms with van der Waals surface area (Å²) in [6.45, 7) is 9.08. The highest BCUT2D eigenvalue weighted by molar-refractivity contribution is 5.37. The lowest BCUT2D eigenvalue weighted by molar-refractivity contribution is 0.0902. The van der Waals surface area contributed by atoms with E-state index in [9.17, 15) is 0 Å². The first-order chi connectivity index (χ1) is 9.70. The van der Waals surface area contributed by atoms with Crippen molar-refractivity contribution >= 4 is 0 Å². The van der Waals surface area contributed by atoms with Gasteiger partial charge in [-0.05, 0) is 50.4 Å². The van der Waals surface area contributed by atoms with E-state index in [0.29, 0.717) is 12.1 Å². The van der Waals surface area contributed by atoms with E-state index in [4.69, 9.17) is 9.47 Å². The summed E-state index contributed by atoms with van der Waals surface area (Å²) in [6, 6.07) is 6.85. The van der Waals surface area contributed by atoms with Crippen LogP contribution in [0.2, 0.25) is 0 Å². The normalized spacial score (nSPS) is 20.1. The molecule has 2 unspecified atom stereocenters. The molecule has 112 valence electrons. The summed E-state index contributed by atoms with van der Waals surface area (Å²) < 4.78 is 11.5. The van der Waals surface area contributed by atoms with Gasteiger partial charge >= 0.3 is 0 Å². The number of aryl methyl sites for hydroxylation is 1. The second-order valence-corrected chi connectivity index (χ2v) is 5.58. The molecule has 3 nitrogen and oxygen atoms in total. The Morgan fingerprint density at radius 1 is 1.45 bits per heavy atom. The van der Waals surface area contributed by atoms with Gasteiger partial charge in [-0.2, -0.15) is 0 Å². The third-order valence-corrected chi connectivity index (χ3v) is 3.93. The van der Waals surface area contributed by atoms with Crippen LogP contribution in [0.25, 0.3) is 0 Å². The highest BCUT2D eigenvalue weighted by atomic mass is 16.5. The van der Waals surface area contributed by atoms with E-state index in [0.717, 1.165) is 31.9 Å². The summed E-state index contributed by atoms with van der Waals surface area (Å²) in [4.78, 5) is 0. The minimum Gasteiger partial charge on any atom is -0.493 e. The molecule has 1 aromatic carbocycles. The van der Waals surface area contributed by atoms with Crippen molar-refractivity contribution in [3.05, 3.63) is 29.3 Å². The maximum absolute atomic E-state index is 5.89. The zero-order chi connectivity index (χ0) is 14.4. The Bertz CT molecular complexity index is 413. The molecular weight excluding hydrogens is 250 g/mol. The van der Waals surface area contributed by atoms with Crippen molar-refractivity contribution in [2.24, 2.45) is 0 Å². The molecule has 0 radical (unpaired) electrons. The van der Waals surface area contributed by atoms with Crippen molar-refractivity contribution in [1.29, 1.82) is 0 Å². The highest BCUT2D eigenvalue weighted by Gasteiger charge is 2.15. The predicted octanol–water partition coefficient (Wildman–Crippen LogP) is 3.61. The third kappa shape index (κ3) is 4.22. The Hall–Kier alpha value is -1.06. The van der Waals surface area contributed by atoms with Gasteiger partial charge in [-0.3, -0.25) is 0 Å². The molecule has 1 fully saturated rings. The number of ether oxygens (including phenoxy) is 2. The molecule has 20 heavy (non-hydrogen) atoms. The number of nitrogens with one attached hydrogen (secondary N) is 1. The molecule has 3 heteroatoms. The monoisotopic (exact) mass is 277 g/mol. The average molecular weight is 277 g/mol. The summed E-state index contributed by atoms with van der Waals surface area (Å²) in [5.74, 6) is 0.996. The SMILES string of the molecule is CCNC(C)c1ccc(OCCC2CCCO2)c(C)c1. The summed E-state index contributed by atoms with van der Waals surface area (Å²) in [5.41, 5.74) is 2.52. The predicted molar refractivity (Wildman–Crippen MR) is 82.4 cm³/mol. The van der Waals surface area contributed by atoms with E-state index >= 15 is 0 Å². The van der Waals surface area contributed by atoms with E-state index in [2.05, 4.69) is 44.3 Å². The van der Waals surface area contributed by atoms with Gasteiger partial charge in [0.1, 0.15) is 5.75 Å². The molecule has 1 aliphatic heterocycles. The minimum atomic E-state index is 0.389. The van der Waals surface area contributed by atoms with Gasteiger partial charge in [-0.25, -0.2) is 0 Å². The summed E-state index contributed by atoms with van der Waals surface area (Å²) >= 11 is 0. The van der Waals surface area contributed by atoms with Crippen LogP contribution < -0.4 is 10.1 Å². The molecular formula is C17H27NO2. The number of rotatable bonds is 7. The quantitative estimate of drug-likeness (QED) is 0.826. The van der Waals surface area contributed by atoms with Gasteiger partial charge in [0.2, 0.25) is 0 Å². The fraction of sp³-hybridized carbons (Fsp3) is 0.647. The summed E-state index contributed by atoms with van der Waals surface area (Å²) in [5, 5.41) is 3.43. The Kier molecular flexibility index (Phi) is 5.86. The van der Waals surface area contributed by atoms with E-state index in [1.54, 1.807) is 0 Å². The molecule has 1 N–H and O–H groups in total. The van der Waals surface area contributed by atoms with Gasteiger partial charge in [0, 0.05) is 19.1 Å². The van der Waals surface area contributed by atoms with Gasteiger partial charge in [-0.15, -0.1) is 0 Å². The van der Waals surface area contributed by atoms with Crippen molar-refractivity contribution < 1.29 is 9.47 Å². The minimum absolute atomic E-state index is 0.389. The lowest BCUT2D eigenvalue weighted by atomic mass is 10.1. The van der Waals surface area contributed by atoms with Gasteiger partial charge in [0.25, 0.3) is 0 Å². The maximum atomic E-state index is 5.89. The van der Waals surface area contributed by atoms with E-state index in [-0.39, 0.29) is 0 Å². The first-order valence-corrected chi connectivity index (χ1v) is 7.79. The lowest BCUT2D eigenvalue weighted by Gasteiger charge is -2.16. The van der Waals surface area contributed by atoms with Crippen molar-refractivity contribution in [3.63, 3.8) is 0 Å².